The van der Waals surface area contributed by atoms with Gasteiger partial charge in [0.05, 0.1) is 5.41 Å². The molecule has 1 amide bonds. The Morgan fingerprint density at radius 1 is 1.60 bits per heavy atom. The van der Waals surface area contributed by atoms with Crippen LogP contribution in [0.3, 0.4) is 0 Å². The van der Waals surface area contributed by atoms with Gasteiger partial charge in [-0.2, -0.15) is 11.8 Å². The van der Waals surface area contributed by atoms with Crippen LogP contribution in [0.5, 0.6) is 0 Å². The number of amides is 1. The first-order valence-electron chi connectivity index (χ1n) is 5.38. The number of rotatable bonds is 4. The maximum atomic E-state index is 11.8. The lowest BCUT2D eigenvalue weighted by atomic mass is 9.94. The molecule has 4 heteroatoms. The second kappa shape index (κ2) is 4.96. The van der Waals surface area contributed by atoms with Gasteiger partial charge in [-0.1, -0.05) is 0 Å². The third kappa shape index (κ3) is 3.56. The second-order valence-corrected chi connectivity index (χ2v) is 7.05. The summed E-state index contributed by atoms with van der Waals surface area (Å²) in [6.45, 7) is 6.73. The van der Waals surface area contributed by atoms with Crippen LogP contribution in [0.2, 0.25) is 0 Å². The highest BCUT2D eigenvalue weighted by Crippen LogP contribution is 2.37. The first-order chi connectivity index (χ1) is 6.90. The third-order valence-corrected chi connectivity index (χ3v) is 5.08. The highest BCUT2D eigenvalue weighted by Gasteiger charge is 2.32. The number of halogens is 1. The van der Waals surface area contributed by atoms with E-state index in [2.05, 4.69) is 12.2 Å². The summed E-state index contributed by atoms with van der Waals surface area (Å²) in [5.41, 5.74) is -0.457. The van der Waals surface area contributed by atoms with Gasteiger partial charge in [-0.05, 0) is 39.4 Å². The molecule has 1 unspecified atom stereocenters. The molecule has 0 aromatic rings. The van der Waals surface area contributed by atoms with E-state index in [0.29, 0.717) is 5.88 Å². The molecule has 0 aromatic heterocycles. The van der Waals surface area contributed by atoms with Crippen molar-refractivity contribution in [1.82, 2.24) is 5.32 Å². The molecule has 1 fully saturated rings. The molecule has 1 aliphatic heterocycles. The normalized spacial score (nSPS) is 26.7. The van der Waals surface area contributed by atoms with Crippen molar-refractivity contribution in [1.29, 1.82) is 0 Å². The first kappa shape index (κ1) is 13.2. The summed E-state index contributed by atoms with van der Waals surface area (Å²) in [7, 11) is 0. The Morgan fingerprint density at radius 2 is 2.27 bits per heavy atom. The summed E-state index contributed by atoms with van der Waals surface area (Å²) in [5.74, 6) is 1.64. The Kier molecular flexibility index (Phi) is 4.36. The van der Waals surface area contributed by atoms with Crippen LogP contribution >= 0.6 is 23.4 Å². The van der Waals surface area contributed by atoms with E-state index in [-0.39, 0.29) is 10.7 Å². The van der Waals surface area contributed by atoms with Gasteiger partial charge >= 0.3 is 0 Å². The lowest BCUT2D eigenvalue weighted by Gasteiger charge is -2.26. The lowest BCUT2D eigenvalue weighted by molar-refractivity contribution is -0.128. The largest absolute Gasteiger partial charge is 0.354 e. The molecule has 2 nitrogen and oxygen atoms in total. The topological polar surface area (TPSA) is 29.1 Å². The standard InChI is InChI=1S/C11H20ClNOS/c1-10(2,7-12)9(14)13-8-11(3)5-4-6-15-11/h4-8H2,1-3H3,(H,13,14). The number of hydrogen-bond acceptors (Lipinski definition) is 2. The van der Waals surface area contributed by atoms with Crippen LogP contribution in [-0.2, 0) is 4.79 Å². The molecule has 0 aromatic carbocycles. The molecule has 0 radical (unpaired) electrons. The minimum absolute atomic E-state index is 0.0613. The van der Waals surface area contributed by atoms with E-state index >= 15 is 0 Å². The van der Waals surface area contributed by atoms with Crippen LogP contribution in [-0.4, -0.2) is 28.8 Å². The summed E-state index contributed by atoms with van der Waals surface area (Å²) in [6, 6.07) is 0. The minimum Gasteiger partial charge on any atom is -0.354 e. The van der Waals surface area contributed by atoms with Crippen molar-refractivity contribution in [3.63, 3.8) is 0 Å². The van der Waals surface area contributed by atoms with Gasteiger partial charge in [0.1, 0.15) is 0 Å². The Balaban J connectivity index is 2.40. The number of nitrogens with one attached hydrogen (secondary N) is 1. The minimum atomic E-state index is -0.457. The van der Waals surface area contributed by atoms with Crippen LogP contribution in [0.1, 0.15) is 33.6 Å². The third-order valence-electron chi connectivity index (χ3n) is 2.87. The number of alkyl halides is 1. The van der Waals surface area contributed by atoms with Gasteiger partial charge in [0.25, 0.3) is 0 Å². The SMILES string of the molecule is CC1(CNC(=O)C(C)(C)CCl)CCCS1. The number of thioether (sulfide) groups is 1. The predicted octanol–water partition coefficient (Wildman–Crippen LogP) is 2.65. The molecule has 1 heterocycles. The van der Waals surface area contributed by atoms with Crippen molar-refractivity contribution in [2.45, 2.75) is 38.4 Å². The van der Waals surface area contributed by atoms with Crippen LogP contribution in [0.25, 0.3) is 0 Å². The van der Waals surface area contributed by atoms with Gasteiger partial charge < -0.3 is 5.32 Å². The van der Waals surface area contributed by atoms with E-state index in [1.165, 1.54) is 18.6 Å². The number of hydrogen-bond donors (Lipinski definition) is 1. The fourth-order valence-electron chi connectivity index (χ4n) is 1.54. The zero-order chi connectivity index (χ0) is 11.5. The van der Waals surface area contributed by atoms with Crippen molar-refractivity contribution in [2.75, 3.05) is 18.2 Å². The molecular formula is C11H20ClNOS. The van der Waals surface area contributed by atoms with Crippen molar-refractivity contribution < 1.29 is 4.79 Å². The first-order valence-corrected chi connectivity index (χ1v) is 6.90. The van der Waals surface area contributed by atoms with Gasteiger partial charge in [-0.25, -0.2) is 0 Å². The zero-order valence-corrected chi connectivity index (χ0v) is 11.3. The molecule has 1 atom stereocenters. The zero-order valence-electron chi connectivity index (χ0n) is 9.73. The van der Waals surface area contributed by atoms with Crippen LogP contribution < -0.4 is 5.32 Å². The molecule has 1 saturated heterocycles. The molecule has 1 rings (SSSR count). The van der Waals surface area contributed by atoms with E-state index in [1.54, 1.807) is 0 Å². The number of carbonyl (C=O) groups excluding carboxylic acids is 1. The van der Waals surface area contributed by atoms with Crippen molar-refractivity contribution in [3.8, 4) is 0 Å². The molecule has 0 saturated carbocycles. The highest BCUT2D eigenvalue weighted by molar-refractivity contribution is 8.00. The second-order valence-electron chi connectivity index (χ2n) is 5.10. The monoisotopic (exact) mass is 249 g/mol. The lowest BCUT2D eigenvalue weighted by Crippen LogP contribution is -2.43. The molecule has 1 N–H and O–H groups in total. The smallest absolute Gasteiger partial charge is 0.226 e. The van der Waals surface area contributed by atoms with E-state index in [1.807, 2.05) is 25.6 Å². The van der Waals surface area contributed by atoms with Gasteiger partial charge in [0, 0.05) is 17.2 Å². The van der Waals surface area contributed by atoms with E-state index in [9.17, 15) is 4.79 Å². The Morgan fingerprint density at radius 3 is 2.73 bits per heavy atom. The fourth-order valence-corrected chi connectivity index (χ4v) is 2.91. The van der Waals surface area contributed by atoms with Crippen LogP contribution in [0.4, 0.5) is 0 Å². The number of carbonyl (C=O) groups is 1. The summed E-state index contributed by atoms with van der Waals surface area (Å²) < 4.78 is 0.234. The maximum absolute atomic E-state index is 11.8. The Bertz CT molecular complexity index is 237. The van der Waals surface area contributed by atoms with Crippen molar-refractivity contribution in [3.05, 3.63) is 0 Å². The predicted molar refractivity (Wildman–Crippen MR) is 67.6 cm³/mol. The average Bonchev–Trinajstić information content (AvgIpc) is 2.62. The Labute approximate surface area is 102 Å². The molecule has 0 spiro atoms. The summed E-state index contributed by atoms with van der Waals surface area (Å²) >= 11 is 7.71. The Hall–Kier alpha value is 0.110. The van der Waals surface area contributed by atoms with Gasteiger partial charge in [-0.15, -0.1) is 11.6 Å². The molecule has 0 aliphatic carbocycles. The van der Waals surface area contributed by atoms with Crippen LogP contribution in [0, 0.1) is 5.41 Å². The van der Waals surface area contributed by atoms with Gasteiger partial charge in [0.2, 0.25) is 5.91 Å². The van der Waals surface area contributed by atoms with Gasteiger partial charge in [0.15, 0.2) is 0 Å². The summed E-state index contributed by atoms with van der Waals surface area (Å²) in [6.07, 6.45) is 2.45. The maximum Gasteiger partial charge on any atom is 0.226 e. The van der Waals surface area contributed by atoms with Crippen molar-refractivity contribution in [2.24, 2.45) is 5.41 Å². The summed E-state index contributed by atoms with van der Waals surface area (Å²) in [4.78, 5) is 11.8. The highest BCUT2D eigenvalue weighted by atomic mass is 35.5. The van der Waals surface area contributed by atoms with E-state index < -0.39 is 5.41 Å². The van der Waals surface area contributed by atoms with E-state index in [4.69, 9.17) is 11.6 Å². The fraction of sp³-hybridized carbons (Fsp3) is 0.909. The van der Waals surface area contributed by atoms with E-state index in [0.717, 1.165) is 6.54 Å². The molecule has 88 valence electrons. The molecule has 15 heavy (non-hydrogen) atoms. The van der Waals surface area contributed by atoms with Gasteiger partial charge in [-0.3, -0.25) is 4.79 Å². The quantitative estimate of drug-likeness (QED) is 0.777. The summed E-state index contributed by atoms with van der Waals surface area (Å²) in [5, 5.41) is 3.01. The van der Waals surface area contributed by atoms with Crippen molar-refractivity contribution >= 4 is 29.3 Å². The molecular weight excluding hydrogens is 230 g/mol. The van der Waals surface area contributed by atoms with Crippen LogP contribution in [0.15, 0.2) is 0 Å². The average molecular weight is 250 g/mol. The molecule has 0 bridgehead atoms. The molecule has 1 aliphatic rings.